The van der Waals surface area contributed by atoms with E-state index in [2.05, 4.69) is 18.3 Å². The van der Waals surface area contributed by atoms with Crippen LogP contribution in [0.3, 0.4) is 0 Å². The van der Waals surface area contributed by atoms with Crippen LogP contribution in [0.4, 0.5) is 11.6 Å². The van der Waals surface area contributed by atoms with E-state index in [4.69, 9.17) is 9.97 Å². The van der Waals surface area contributed by atoms with Gasteiger partial charge in [-0.05, 0) is 44.2 Å². The molecule has 6 nitrogen and oxygen atoms in total. The fourth-order valence-electron chi connectivity index (χ4n) is 4.59. The van der Waals surface area contributed by atoms with Gasteiger partial charge in [0.1, 0.15) is 5.52 Å². The van der Waals surface area contributed by atoms with Crippen LogP contribution >= 0.6 is 0 Å². The SMILES string of the molecule is Cc1ccccc1Nc1nc2c3c(n1)n(C1CCCCC1)c(=O)n3CCC2. The Hall–Kier alpha value is -2.63. The van der Waals surface area contributed by atoms with Crippen LogP contribution in [0.1, 0.15) is 55.8 Å². The minimum atomic E-state index is 0.0974. The Bertz CT molecular complexity index is 1060. The van der Waals surface area contributed by atoms with Gasteiger partial charge >= 0.3 is 5.69 Å². The number of benzene rings is 1. The van der Waals surface area contributed by atoms with Crippen LogP contribution in [0.25, 0.3) is 11.2 Å². The number of hydrogen-bond acceptors (Lipinski definition) is 4. The number of aryl methyl sites for hydroxylation is 3. The summed E-state index contributed by atoms with van der Waals surface area (Å²) in [6.07, 6.45) is 7.64. The maximum absolute atomic E-state index is 13.2. The first kappa shape index (κ1) is 16.5. The van der Waals surface area contributed by atoms with Gasteiger partial charge in [-0.3, -0.25) is 9.13 Å². The van der Waals surface area contributed by atoms with Gasteiger partial charge in [-0.25, -0.2) is 9.78 Å². The Morgan fingerprint density at radius 2 is 1.89 bits per heavy atom. The highest BCUT2D eigenvalue weighted by Gasteiger charge is 2.27. The molecule has 5 rings (SSSR count). The number of rotatable bonds is 3. The highest BCUT2D eigenvalue weighted by molar-refractivity contribution is 5.77. The van der Waals surface area contributed by atoms with Crippen molar-refractivity contribution in [3.8, 4) is 0 Å². The summed E-state index contributed by atoms with van der Waals surface area (Å²) in [5, 5.41) is 3.38. The second-order valence-corrected chi connectivity index (χ2v) is 7.81. The van der Waals surface area contributed by atoms with Crippen LogP contribution in [0.2, 0.25) is 0 Å². The van der Waals surface area contributed by atoms with Crippen molar-refractivity contribution in [2.75, 3.05) is 5.32 Å². The van der Waals surface area contributed by atoms with Crippen LogP contribution in [-0.4, -0.2) is 19.1 Å². The Kier molecular flexibility index (Phi) is 3.99. The van der Waals surface area contributed by atoms with E-state index >= 15 is 0 Å². The Morgan fingerprint density at radius 1 is 1.07 bits per heavy atom. The van der Waals surface area contributed by atoms with Crippen LogP contribution in [0, 0.1) is 6.92 Å². The number of hydrogen-bond donors (Lipinski definition) is 1. The van der Waals surface area contributed by atoms with E-state index in [1.165, 1.54) is 19.3 Å². The molecule has 2 aromatic heterocycles. The summed E-state index contributed by atoms with van der Waals surface area (Å²) in [6.45, 7) is 2.84. The normalized spacial score (nSPS) is 17.4. The Balaban J connectivity index is 1.67. The molecule has 1 aromatic carbocycles. The average molecular weight is 363 g/mol. The number of anilines is 2. The summed E-state index contributed by atoms with van der Waals surface area (Å²) in [5.41, 5.74) is 5.01. The molecule has 1 aliphatic carbocycles. The van der Waals surface area contributed by atoms with Gasteiger partial charge in [0, 0.05) is 18.3 Å². The molecule has 0 bridgehead atoms. The van der Waals surface area contributed by atoms with E-state index in [0.717, 1.165) is 60.3 Å². The molecule has 1 N–H and O–H groups in total. The maximum Gasteiger partial charge on any atom is 0.330 e. The number of aromatic nitrogens is 4. The van der Waals surface area contributed by atoms with Crippen LogP contribution in [0.15, 0.2) is 29.1 Å². The van der Waals surface area contributed by atoms with E-state index in [9.17, 15) is 4.79 Å². The molecule has 3 heterocycles. The monoisotopic (exact) mass is 363 g/mol. The predicted octanol–water partition coefficient (Wildman–Crippen LogP) is 4.10. The number of imidazole rings is 1. The van der Waals surface area contributed by atoms with Crippen LogP contribution in [-0.2, 0) is 13.0 Å². The van der Waals surface area contributed by atoms with Crippen LogP contribution in [0.5, 0.6) is 0 Å². The third-order valence-corrected chi connectivity index (χ3v) is 6.00. The first-order valence-electron chi connectivity index (χ1n) is 10.1. The fourth-order valence-corrected chi connectivity index (χ4v) is 4.59. The topological polar surface area (TPSA) is 64.7 Å². The van der Waals surface area contributed by atoms with E-state index in [-0.39, 0.29) is 11.7 Å². The molecule has 1 fully saturated rings. The lowest BCUT2D eigenvalue weighted by atomic mass is 9.95. The van der Waals surface area contributed by atoms with E-state index in [1.807, 2.05) is 27.3 Å². The first-order chi connectivity index (χ1) is 13.2. The van der Waals surface area contributed by atoms with Crippen molar-refractivity contribution in [2.24, 2.45) is 0 Å². The van der Waals surface area contributed by atoms with Gasteiger partial charge in [-0.2, -0.15) is 4.98 Å². The van der Waals surface area contributed by atoms with Gasteiger partial charge in [0.2, 0.25) is 5.95 Å². The van der Waals surface area contributed by atoms with Crippen molar-refractivity contribution in [3.05, 3.63) is 46.0 Å². The van der Waals surface area contributed by atoms with Crippen molar-refractivity contribution in [3.63, 3.8) is 0 Å². The van der Waals surface area contributed by atoms with Gasteiger partial charge < -0.3 is 5.32 Å². The lowest BCUT2D eigenvalue weighted by Gasteiger charge is -2.22. The molecular weight excluding hydrogens is 338 g/mol. The zero-order valence-corrected chi connectivity index (χ0v) is 15.7. The smallest absolute Gasteiger partial charge is 0.324 e. The average Bonchev–Trinajstić information content (AvgIpc) is 2.98. The summed E-state index contributed by atoms with van der Waals surface area (Å²) in [6, 6.07) is 8.40. The molecule has 0 spiro atoms. The molecule has 0 saturated heterocycles. The lowest BCUT2D eigenvalue weighted by molar-refractivity contribution is 0.348. The van der Waals surface area contributed by atoms with Gasteiger partial charge in [0.05, 0.1) is 5.69 Å². The van der Waals surface area contributed by atoms with Crippen LogP contribution < -0.4 is 11.0 Å². The Labute approximate surface area is 158 Å². The minimum absolute atomic E-state index is 0.0974. The summed E-state index contributed by atoms with van der Waals surface area (Å²) in [7, 11) is 0. The van der Waals surface area contributed by atoms with Crippen molar-refractivity contribution in [2.45, 2.75) is 64.5 Å². The van der Waals surface area contributed by atoms with Gasteiger partial charge in [0.15, 0.2) is 5.65 Å². The largest absolute Gasteiger partial charge is 0.330 e. The second-order valence-electron chi connectivity index (χ2n) is 7.81. The molecule has 0 unspecified atom stereocenters. The quantitative estimate of drug-likeness (QED) is 0.761. The third-order valence-electron chi connectivity index (χ3n) is 6.00. The summed E-state index contributed by atoms with van der Waals surface area (Å²) < 4.78 is 3.87. The van der Waals surface area contributed by atoms with E-state index < -0.39 is 0 Å². The first-order valence-corrected chi connectivity index (χ1v) is 10.1. The fraction of sp³-hybridized carbons (Fsp3) is 0.476. The van der Waals surface area contributed by atoms with Gasteiger partial charge in [0.25, 0.3) is 0 Å². The molecule has 6 heteroatoms. The molecule has 0 atom stereocenters. The summed E-state index contributed by atoms with van der Waals surface area (Å²) in [5.74, 6) is 0.593. The second kappa shape index (κ2) is 6.51. The molecule has 1 aliphatic heterocycles. The highest BCUT2D eigenvalue weighted by Crippen LogP contribution is 2.32. The zero-order valence-electron chi connectivity index (χ0n) is 15.7. The maximum atomic E-state index is 13.2. The van der Waals surface area contributed by atoms with E-state index in [0.29, 0.717) is 5.95 Å². The molecule has 140 valence electrons. The van der Waals surface area contributed by atoms with Gasteiger partial charge in [-0.15, -0.1) is 0 Å². The molecule has 0 amide bonds. The minimum Gasteiger partial charge on any atom is -0.324 e. The van der Waals surface area contributed by atoms with Gasteiger partial charge in [-0.1, -0.05) is 37.5 Å². The molecule has 3 aromatic rings. The van der Waals surface area contributed by atoms with Crippen molar-refractivity contribution in [1.82, 2.24) is 19.1 Å². The summed E-state index contributed by atoms with van der Waals surface area (Å²) >= 11 is 0. The molecular formula is C21H25N5O. The number of nitrogens with one attached hydrogen (secondary N) is 1. The highest BCUT2D eigenvalue weighted by atomic mass is 16.1. The summed E-state index contributed by atoms with van der Waals surface area (Å²) in [4.78, 5) is 22.8. The van der Waals surface area contributed by atoms with Crippen molar-refractivity contribution >= 4 is 22.8 Å². The van der Waals surface area contributed by atoms with E-state index in [1.54, 1.807) is 0 Å². The molecule has 1 saturated carbocycles. The molecule has 0 radical (unpaired) electrons. The zero-order chi connectivity index (χ0) is 18.4. The van der Waals surface area contributed by atoms with Crippen molar-refractivity contribution in [1.29, 1.82) is 0 Å². The standard InChI is InChI=1S/C21H25N5O/c1-14-8-5-6-11-16(14)22-20-23-17-12-7-13-25-18(17)19(24-20)26(21(25)27)15-9-3-2-4-10-15/h5-6,8,11,15H,2-4,7,9-10,12-13H2,1H3,(H,22,23,24). The van der Waals surface area contributed by atoms with Crippen molar-refractivity contribution < 1.29 is 0 Å². The lowest BCUT2D eigenvalue weighted by Crippen LogP contribution is -2.29. The number of para-hydroxylation sites is 1. The third kappa shape index (κ3) is 2.74. The molecule has 2 aliphatic rings. The molecule has 27 heavy (non-hydrogen) atoms. The number of nitrogens with zero attached hydrogens (tertiary/aromatic N) is 4. The predicted molar refractivity (Wildman–Crippen MR) is 107 cm³/mol. The Morgan fingerprint density at radius 3 is 2.70 bits per heavy atom.